The van der Waals surface area contributed by atoms with Gasteiger partial charge >= 0.3 is 6.09 Å². The van der Waals surface area contributed by atoms with E-state index in [0.29, 0.717) is 12.5 Å². The Hall–Kier alpha value is -1.40. The molecular formula is C20H31NO4S. The van der Waals surface area contributed by atoms with Crippen LogP contribution in [0, 0.1) is 5.92 Å². The fraction of sp³-hybridized carbons (Fsp3) is 0.650. The molecule has 0 radical (unpaired) electrons. The zero-order chi connectivity index (χ0) is 19.2. The van der Waals surface area contributed by atoms with E-state index < -0.39 is 16.4 Å². The Morgan fingerprint density at radius 2 is 1.81 bits per heavy atom. The quantitative estimate of drug-likeness (QED) is 0.706. The molecule has 1 saturated heterocycles. The Morgan fingerprint density at radius 3 is 2.35 bits per heavy atom. The van der Waals surface area contributed by atoms with Gasteiger partial charge < -0.3 is 14.4 Å². The lowest BCUT2D eigenvalue weighted by molar-refractivity contribution is 0.0119. The molecule has 1 unspecified atom stereocenters. The molecule has 1 aliphatic rings. The molecule has 1 aromatic carbocycles. The number of piperidine rings is 1. The third-order valence-corrected chi connectivity index (χ3v) is 5.35. The lowest BCUT2D eigenvalue weighted by atomic mass is 9.98. The van der Waals surface area contributed by atoms with E-state index in [1.165, 1.54) is 5.56 Å². The highest BCUT2D eigenvalue weighted by molar-refractivity contribution is 7.84. The maximum atomic E-state index is 12.1. The molecule has 146 valence electrons. The van der Waals surface area contributed by atoms with Crippen LogP contribution in [-0.2, 0) is 26.7 Å². The van der Waals surface area contributed by atoms with Gasteiger partial charge in [0, 0.05) is 41.6 Å². The minimum absolute atomic E-state index is 0.215. The monoisotopic (exact) mass is 381 g/mol. The number of carbonyl (C=O) groups is 1. The molecule has 1 amide bonds. The summed E-state index contributed by atoms with van der Waals surface area (Å²) in [5, 5.41) is 0. The first-order valence-electron chi connectivity index (χ1n) is 9.22. The highest BCUT2D eigenvalue weighted by atomic mass is 32.2. The first-order chi connectivity index (χ1) is 12.2. The average Bonchev–Trinajstić information content (AvgIpc) is 2.58. The summed E-state index contributed by atoms with van der Waals surface area (Å²) in [6, 6.07) is 7.86. The number of likely N-dealkylation sites (tertiary alicyclic amines) is 1. The minimum Gasteiger partial charge on any atom is -0.444 e. The molecule has 26 heavy (non-hydrogen) atoms. The van der Waals surface area contributed by atoms with Crippen molar-refractivity contribution < 1.29 is 18.5 Å². The van der Waals surface area contributed by atoms with Gasteiger partial charge in [-0.25, -0.2) is 4.79 Å². The van der Waals surface area contributed by atoms with Crippen molar-refractivity contribution in [2.75, 3.05) is 32.6 Å². The van der Waals surface area contributed by atoms with Crippen LogP contribution < -0.4 is 0 Å². The third kappa shape index (κ3) is 7.08. The predicted molar refractivity (Wildman–Crippen MR) is 104 cm³/mol. The molecule has 5 nitrogen and oxygen atoms in total. The average molecular weight is 382 g/mol. The van der Waals surface area contributed by atoms with Gasteiger partial charge in [0.25, 0.3) is 0 Å². The molecule has 1 aromatic rings. The number of hydrogen-bond donors (Lipinski definition) is 0. The predicted octanol–water partition coefficient (Wildman–Crippen LogP) is 3.63. The van der Waals surface area contributed by atoms with E-state index in [1.807, 2.05) is 45.0 Å². The second-order valence-corrected chi connectivity index (χ2v) is 9.21. The fourth-order valence-electron chi connectivity index (χ4n) is 2.90. The first kappa shape index (κ1) is 20.9. The van der Waals surface area contributed by atoms with E-state index in [-0.39, 0.29) is 6.09 Å². The zero-order valence-electron chi connectivity index (χ0n) is 16.3. The highest BCUT2D eigenvalue weighted by Gasteiger charge is 2.26. The lowest BCUT2D eigenvalue weighted by Crippen LogP contribution is -2.42. The van der Waals surface area contributed by atoms with Gasteiger partial charge in [-0.2, -0.15) is 0 Å². The van der Waals surface area contributed by atoms with Crippen LogP contribution in [0.25, 0.3) is 0 Å². The van der Waals surface area contributed by atoms with Gasteiger partial charge in [-0.15, -0.1) is 0 Å². The van der Waals surface area contributed by atoms with Gasteiger partial charge in [-0.05, 0) is 63.6 Å². The Morgan fingerprint density at radius 1 is 1.19 bits per heavy atom. The van der Waals surface area contributed by atoms with Crippen LogP contribution in [0.1, 0.15) is 39.2 Å². The zero-order valence-corrected chi connectivity index (χ0v) is 17.1. The number of carbonyl (C=O) groups excluding carboxylic acids is 1. The Labute approximate surface area is 159 Å². The maximum absolute atomic E-state index is 12.1. The summed E-state index contributed by atoms with van der Waals surface area (Å²) < 4.78 is 22.6. The van der Waals surface area contributed by atoms with Crippen molar-refractivity contribution in [2.45, 2.75) is 50.5 Å². The molecule has 6 heteroatoms. The first-order valence-corrected chi connectivity index (χ1v) is 10.8. The summed E-state index contributed by atoms with van der Waals surface area (Å²) in [4.78, 5) is 14.7. The van der Waals surface area contributed by atoms with E-state index >= 15 is 0 Å². The molecule has 0 bridgehead atoms. The number of rotatable bonds is 6. The molecule has 1 heterocycles. The number of nitrogens with zero attached hydrogens (tertiary/aromatic N) is 1. The summed E-state index contributed by atoms with van der Waals surface area (Å²) in [6.45, 7) is 8.55. The van der Waals surface area contributed by atoms with Crippen molar-refractivity contribution in [2.24, 2.45) is 5.92 Å². The Bertz CT molecular complexity index is 601. The standard InChI is InChI=1S/C20H31NO4S/c1-20(2,3)25-19(22)21-12-9-17(10-13-21)15-24-14-11-16-5-7-18(8-6-16)26(4)23/h5-8,17H,9-15H2,1-4H3. The van der Waals surface area contributed by atoms with Crippen molar-refractivity contribution in [3.8, 4) is 0 Å². The van der Waals surface area contributed by atoms with Gasteiger partial charge in [0.1, 0.15) is 5.60 Å². The third-order valence-electron chi connectivity index (χ3n) is 4.41. The van der Waals surface area contributed by atoms with E-state index in [9.17, 15) is 9.00 Å². The van der Waals surface area contributed by atoms with Crippen LogP contribution >= 0.6 is 0 Å². The summed E-state index contributed by atoms with van der Waals surface area (Å²) >= 11 is 0. The summed E-state index contributed by atoms with van der Waals surface area (Å²) in [7, 11) is -0.928. The van der Waals surface area contributed by atoms with Crippen LogP contribution in [0.3, 0.4) is 0 Å². The van der Waals surface area contributed by atoms with Gasteiger partial charge in [0.15, 0.2) is 0 Å². The van der Waals surface area contributed by atoms with Crippen LogP contribution in [0.5, 0.6) is 0 Å². The van der Waals surface area contributed by atoms with Gasteiger partial charge in [-0.1, -0.05) is 12.1 Å². The smallest absolute Gasteiger partial charge is 0.410 e. The molecule has 1 fully saturated rings. The molecule has 0 saturated carbocycles. The van der Waals surface area contributed by atoms with Crippen molar-refractivity contribution in [3.63, 3.8) is 0 Å². The van der Waals surface area contributed by atoms with E-state index in [4.69, 9.17) is 9.47 Å². The number of ether oxygens (including phenoxy) is 2. The van der Waals surface area contributed by atoms with Crippen LogP contribution in [0.15, 0.2) is 29.2 Å². The Balaban J connectivity index is 1.63. The highest BCUT2D eigenvalue weighted by Crippen LogP contribution is 2.20. The SMILES string of the molecule is CS(=O)c1ccc(CCOCC2CCN(C(=O)OC(C)(C)C)CC2)cc1. The molecule has 0 aromatic heterocycles. The van der Waals surface area contributed by atoms with Gasteiger partial charge in [-0.3, -0.25) is 4.21 Å². The Kier molecular flexibility index (Phi) is 7.65. The maximum Gasteiger partial charge on any atom is 0.410 e. The van der Waals surface area contributed by atoms with Crippen LogP contribution in [0.4, 0.5) is 4.79 Å². The molecule has 2 rings (SSSR count). The minimum atomic E-state index is -0.928. The van der Waals surface area contributed by atoms with Crippen molar-refractivity contribution in [1.29, 1.82) is 0 Å². The summed E-state index contributed by atoms with van der Waals surface area (Å²) in [6.07, 6.45) is 4.24. The van der Waals surface area contributed by atoms with Crippen LogP contribution in [-0.4, -0.2) is 53.4 Å². The van der Waals surface area contributed by atoms with Crippen molar-refractivity contribution in [1.82, 2.24) is 4.90 Å². The van der Waals surface area contributed by atoms with E-state index in [1.54, 1.807) is 11.2 Å². The number of hydrogen-bond acceptors (Lipinski definition) is 4. The van der Waals surface area contributed by atoms with Crippen molar-refractivity contribution in [3.05, 3.63) is 29.8 Å². The summed E-state index contributed by atoms with van der Waals surface area (Å²) in [5.74, 6) is 0.499. The van der Waals surface area contributed by atoms with E-state index in [0.717, 1.165) is 43.9 Å². The molecule has 1 atom stereocenters. The molecule has 0 N–H and O–H groups in total. The molecule has 1 aliphatic heterocycles. The van der Waals surface area contributed by atoms with Gasteiger partial charge in [0.2, 0.25) is 0 Å². The topological polar surface area (TPSA) is 55.8 Å². The van der Waals surface area contributed by atoms with Crippen LogP contribution in [0.2, 0.25) is 0 Å². The summed E-state index contributed by atoms with van der Waals surface area (Å²) in [5.41, 5.74) is 0.750. The largest absolute Gasteiger partial charge is 0.444 e. The van der Waals surface area contributed by atoms with Crippen molar-refractivity contribution >= 4 is 16.9 Å². The molecule has 0 spiro atoms. The van der Waals surface area contributed by atoms with Gasteiger partial charge in [0.05, 0.1) is 6.61 Å². The second-order valence-electron chi connectivity index (χ2n) is 7.83. The normalized spacial score (nSPS) is 17.2. The molecular weight excluding hydrogens is 350 g/mol. The number of amides is 1. The number of benzene rings is 1. The fourth-order valence-corrected chi connectivity index (χ4v) is 3.42. The lowest BCUT2D eigenvalue weighted by Gasteiger charge is -2.33. The molecule has 0 aliphatic carbocycles. The van der Waals surface area contributed by atoms with E-state index in [2.05, 4.69) is 0 Å². The second kappa shape index (κ2) is 9.51.